The van der Waals surface area contributed by atoms with E-state index in [1.807, 2.05) is 36.0 Å². The monoisotopic (exact) mass is 268 g/mol. The molecule has 0 fully saturated rings. The Morgan fingerprint density at radius 1 is 1.30 bits per heavy atom. The first-order chi connectivity index (χ1) is 9.69. The second-order valence-electron chi connectivity index (χ2n) is 4.78. The minimum atomic E-state index is 0.702. The molecule has 1 aromatic carbocycles. The fourth-order valence-corrected chi connectivity index (χ4v) is 2.32. The van der Waals surface area contributed by atoms with Gasteiger partial charge in [-0.25, -0.2) is 0 Å². The van der Waals surface area contributed by atoms with Crippen molar-refractivity contribution in [1.82, 2.24) is 9.78 Å². The summed E-state index contributed by atoms with van der Waals surface area (Å²) in [5.74, 6) is 0. The van der Waals surface area contributed by atoms with E-state index in [1.54, 1.807) is 0 Å². The number of aryl methyl sites for hydroxylation is 2. The Morgan fingerprint density at radius 3 is 2.70 bits per heavy atom. The molecule has 0 amide bonds. The van der Waals surface area contributed by atoms with Crippen molar-refractivity contribution in [2.24, 2.45) is 0 Å². The summed E-state index contributed by atoms with van der Waals surface area (Å²) in [6, 6.07) is 12.1. The molecule has 0 saturated carbocycles. The lowest BCUT2D eigenvalue weighted by atomic mass is 10.1. The van der Waals surface area contributed by atoms with E-state index in [9.17, 15) is 5.26 Å². The van der Waals surface area contributed by atoms with Crippen LogP contribution in [0.2, 0.25) is 0 Å². The molecule has 0 aliphatic carbocycles. The van der Waals surface area contributed by atoms with Crippen LogP contribution in [0.25, 0.3) is 0 Å². The fraction of sp³-hybridized carbons (Fsp3) is 0.375. The van der Waals surface area contributed by atoms with Gasteiger partial charge in [-0.2, -0.15) is 10.4 Å². The number of benzene rings is 1. The van der Waals surface area contributed by atoms with Gasteiger partial charge in [0.15, 0.2) is 0 Å². The Labute approximate surface area is 120 Å². The van der Waals surface area contributed by atoms with Gasteiger partial charge in [0.25, 0.3) is 0 Å². The quantitative estimate of drug-likeness (QED) is 0.837. The van der Waals surface area contributed by atoms with Gasteiger partial charge in [-0.1, -0.05) is 19.1 Å². The molecular formula is C16H20N4. The van der Waals surface area contributed by atoms with Crippen LogP contribution in [-0.4, -0.2) is 16.8 Å². The molecule has 2 rings (SSSR count). The Morgan fingerprint density at radius 2 is 2.05 bits per heavy atom. The van der Waals surface area contributed by atoms with Gasteiger partial charge in [-0.15, -0.1) is 0 Å². The molecule has 0 bridgehead atoms. The minimum absolute atomic E-state index is 0.702. The molecule has 4 heteroatoms. The predicted molar refractivity (Wildman–Crippen MR) is 80.5 cm³/mol. The summed E-state index contributed by atoms with van der Waals surface area (Å²) >= 11 is 0. The minimum Gasteiger partial charge on any atom is -0.368 e. The Balaban J connectivity index is 2.25. The first kappa shape index (κ1) is 14.1. The second-order valence-corrected chi connectivity index (χ2v) is 4.78. The highest BCUT2D eigenvalue weighted by molar-refractivity contribution is 5.58. The summed E-state index contributed by atoms with van der Waals surface area (Å²) in [7, 11) is 2.01. The van der Waals surface area contributed by atoms with E-state index in [2.05, 4.69) is 36.0 Å². The standard InChI is InChI=1S/C16H20N4/c1-4-14-10-15(20(5-2)18-14)12-19(3)16-9-7-6-8-13(16)11-17/h6-10H,4-5,12H2,1-3H3. The lowest BCUT2D eigenvalue weighted by molar-refractivity contribution is 0.609. The molecule has 0 N–H and O–H groups in total. The zero-order chi connectivity index (χ0) is 14.5. The first-order valence-electron chi connectivity index (χ1n) is 6.95. The molecule has 1 aromatic heterocycles. The van der Waals surface area contributed by atoms with Gasteiger partial charge in [0, 0.05) is 13.6 Å². The van der Waals surface area contributed by atoms with Crippen molar-refractivity contribution in [2.75, 3.05) is 11.9 Å². The number of rotatable bonds is 5. The highest BCUT2D eigenvalue weighted by Crippen LogP contribution is 2.20. The largest absolute Gasteiger partial charge is 0.368 e. The van der Waals surface area contributed by atoms with Crippen LogP contribution in [0.5, 0.6) is 0 Å². The second kappa shape index (κ2) is 6.25. The van der Waals surface area contributed by atoms with Crippen LogP contribution in [0.3, 0.4) is 0 Å². The van der Waals surface area contributed by atoms with Crippen LogP contribution in [0.1, 0.15) is 30.8 Å². The average molecular weight is 268 g/mol. The fourth-order valence-electron chi connectivity index (χ4n) is 2.32. The van der Waals surface area contributed by atoms with Gasteiger partial charge in [-0.3, -0.25) is 4.68 Å². The van der Waals surface area contributed by atoms with Crippen molar-refractivity contribution < 1.29 is 0 Å². The number of nitriles is 1. The number of hydrogen-bond acceptors (Lipinski definition) is 3. The molecule has 0 spiro atoms. The molecule has 0 radical (unpaired) electrons. The van der Waals surface area contributed by atoms with Gasteiger partial charge in [0.05, 0.1) is 29.2 Å². The van der Waals surface area contributed by atoms with E-state index in [1.165, 1.54) is 5.69 Å². The van der Waals surface area contributed by atoms with Crippen LogP contribution in [0, 0.1) is 11.3 Å². The molecule has 0 atom stereocenters. The molecule has 104 valence electrons. The summed E-state index contributed by atoms with van der Waals surface area (Å²) in [6.45, 7) is 5.82. The molecule has 20 heavy (non-hydrogen) atoms. The predicted octanol–water partition coefficient (Wildman–Crippen LogP) is 2.97. The molecule has 0 aliphatic heterocycles. The zero-order valence-electron chi connectivity index (χ0n) is 12.3. The molecule has 4 nitrogen and oxygen atoms in total. The van der Waals surface area contributed by atoms with Crippen LogP contribution in [0.4, 0.5) is 5.69 Å². The molecule has 1 heterocycles. The first-order valence-corrected chi connectivity index (χ1v) is 6.95. The summed E-state index contributed by atoms with van der Waals surface area (Å²) in [5, 5.41) is 13.7. The van der Waals surface area contributed by atoms with Crippen molar-refractivity contribution in [3.63, 3.8) is 0 Å². The Kier molecular flexibility index (Phi) is 4.41. The van der Waals surface area contributed by atoms with Crippen molar-refractivity contribution >= 4 is 5.69 Å². The van der Waals surface area contributed by atoms with Gasteiger partial charge >= 0.3 is 0 Å². The smallest absolute Gasteiger partial charge is 0.101 e. The maximum atomic E-state index is 9.18. The van der Waals surface area contributed by atoms with Crippen molar-refractivity contribution in [2.45, 2.75) is 33.4 Å². The van der Waals surface area contributed by atoms with Gasteiger partial charge in [-0.05, 0) is 31.5 Å². The van der Waals surface area contributed by atoms with E-state index in [0.29, 0.717) is 5.56 Å². The average Bonchev–Trinajstić information content (AvgIpc) is 2.89. The lowest BCUT2D eigenvalue weighted by Crippen LogP contribution is -2.20. The molecule has 0 aliphatic rings. The molecule has 0 unspecified atom stereocenters. The number of para-hydroxylation sites is 1. The summed E-state index contributed by atoms with van der Waals surface area (Å²) in [4.78, 5) is 2.10. The van der Waals surface area contributed by atoms with E-state index in [0.717, 1.165) is 30.9 Å². The summed E-state index contributed by atoms with van der Waals surface area (Å²) in [6.07, 6.45) is 0.943. The summed E-state index contributed by atoms with van der Waals surface area (Å²) in [5.41, 5.74) is 3.95. The Bertz CT molecular complexity index is 622. The van der Waals surface area contributed by atoms with Crippen LogP contribution in [0.15, 0.2) is 30.3 Å². The normalized spacial score (nSPS) is 10.3. The maximum Gasteiger partial charge on any atom is 0.101 e. The number of hydrogen-bond donors (Lipinski definition) is 0. The van der Waals surface area contributed by atoms with Crippen LogP contribution < -0.4 is 4.90 Å². The van der Waals surface area contributed by atoms with Gasteiger partial charge in [0.2, 0.25) is 0 Å². The Hall–Kier alpha value is -2.28. The lowest BCUT2D eigenvalue weighted by Gasteiger charge is -2.20. The number of aromatic nitrogens is 2. The van der Waals surface area contributed by atoms with Crippen LogP contribution in [-0.2, 0) is 19.5 Å². The van der Waals surface area contributed by atoms with Crippen molar-refractivity contribution in [3.05, 3.63) is 47.3 Å². The van der Waals surface area contributed by atoms with Crippen molar-refractivity contribution in [1.29, 1.82) is 5.26 Å². The van der Waals surface area contributed by atoms with Gasteiger partial charge in [0.1, 0.15) is 6.07 Å². The number of nitrogens with zero attached hydrogens (tertiary/aromatic N) is 4. The van der Waals surface area contributed by atoms with Crippen LogP contribution >= 0.6 is 0 Å². The third-order valence-electron chi connectivity index (χ3n) is 3.41. The third-order valence-corrected chi connectivity index (χ3v) is 3.41. The maximum absolute atomic E-state index is 9.18. The van der Waals surface area contributed by atoms with Gasteiger partial charge < -0.3 is 4.90 Å². The van der Waals surface area contributed by atoms with Crippen molar-refractivity contribution in [3.8, 4) is 6.07 Å². The van der Waals surface area contributed by atoms with E-state index < -0.39 is 0 Å². The molecule has 2 aromatic rings. The third kappa shape index (κ3) is 2.83. The zero-order valence-corrected chi connectivity index (χ0v) is 12.3. The van der Waals surface area contributed by atoms with E-state index >= 15 is 0 Å². The topological polar surface area (TPSA) is 44.9 Å². The number of anilines is 1. The molecular weight excluding hydrogens is 248 g/mol. The van der Waals surface area contributed by atoms with E-state index in [-0.39, 0.29) is 0 Å². The van der Waals surface area contributed by atoms with E-state index in [4.69, 9.17) is 0 Å². The summed E-state index contributed by atoms with van der Waals surface area (Å²) < 4.78 is 2.03. The molecule has 0 saturated heterocycles. The highest BCUT2D eigenvalue weighted by atomic mass is 15.3. The highest BCUT2D eigenvalue weighted by Gasteiger charge is 2.11. The SMILES string of the molecule is CCc1cc(CN(C)c2ccccc2C#N)n(CC)n1.